The second kappa shape index (κ2) is 8.22. The minimum absolute atomic E-state index is 0.0313. The summed E-state index contributed by atoms with van der Waals surface area (Å²) in [6.45, 7) is -0.202. The first-order chi connectivity index (χ1) is 11.9. The zero-order chi connectivity index (χ0) is 18.4. The molecule has 0 saturated carbocycles. The molecule has 3 N–H and O–H groups in total. The van der Waals surface area contributed by atoms with Crippen molar-refractivity contribution >= 4 is 46.2 Å². The third-order valence-electron chi connectivity index (χ3n) is 2.94. The van der Waals surface area contributed by atoms with Gasteiger partial charge in [0.15, 0.2) is 5.11 Å². The van der Waals surface area contributed by atoms with Gasteiger partial charge in [-0.05, 0) is 24.4 Å². The molecular formula is C14H12ClN5O4S. The normalized spacial score (nSPS) is 9.96. The highest BCUT2D eigenvalue weighted by Crippen LogP contribution is 2.26. The van der Waals surface area contributed by atoms with Gasteiger partial charge in [-0.3, -0.25) is 30.6 Å². The Hall–Kier alpha value is -2.98. The van der Waals surface area contributed by atoms with E-state index in [4.69, 9.17) is 23.8 Å². The summed E-state index contributed by atoms with van der Waals surface area (Å²) in [5, 5.41) is 13.6. The smallest absolute Gasteiger partial charge is 0.271 e. The maximum Gasteiger partial charge on any atom is 0.271 e. The summed E-state index contributed by atoms with van der Waals surface area (Å²) < 4.78 is 1.21. The van der Waals surface area contributed by atoms with Crippen LogP contribution >= 0.6 is 23.8 Å². The maximum atomic E-state index is 11.8. The highest BCUT2D eigenvalue weighted by molar-refractivity contribution is 7.80. The fourth-order valence-corrected chi connectivity index (χ4v) is 2.11. The number of benzene rings is 1. The van der Waals surface area contributed by atoms with Gasteiger partial charge >= 0.3 is 0 Å². The highest BCUT2D eigenvalue weighted by Gasteiger charge is 2.11. The van der Waals surface area contributed by atoms with E-state index in [1.165, 1.54) is 35.0 Å². The van der Waals surface area contributed by atoms with Gasteiger partial charge in [0.05, 0.1) is 15.6 Å². The van der Waals surface area contributed by atoms with Crippen molar-refractivity contribution in [3.8, 4) is 0 Å². The second-order valence-electron chi connectivity index (χ2n) is 4.72. The number of nitrogens with one attached hydrogen (secondary N) is 3. The van der Waals surface area contributed by atoms with E-state index in [0.29, 0.717) is 0 Å². The molecule has 0 fully saturated rings. The Morgan fingerprint density at radius 1 is 1.28 bits per heavy atom. The van der Waals surface area contributed by atoms with E-state index in [2.05, 4.69) is 16.2 Å². The van der Waals surface area contributed by atoms with Gasteiger partial charge in [-0.15, -0.1) is 0 Å². The predicted molar refractivity (Wildman–Crippen MR) is 96.3 cm³/mol. The topological polar surface area (TPSA) is 118 Å². The third kappa shape index (κ3) is 5.26. The summed E-state index contributed by atoms with van der Waals surface area (Å²) in [5.74, 6) is -0.511. The van der Waals surface area contributed by atoms with Gasteiger partial charge in [-0.2, -0.15) is 0 Å². The van der Waals surface area contributed by atoms with Crippen LogP contribution in [0.2, 0.25) is 5.02 Å². The molecule has 1 heterocycles. The number of halogens is 1. The summed E-state index contributed by atoms with van der Waals surface area (Å²) in [6, 6.07) is 8.34. The molecule has 1 amide bonds. The lowest BCUT2D eigenvalue weighted by molar-refractivity contribution is -0.384. The lowest BCUT2D eigenvalue weighted by Gasteiger charge is -2.13. The minimum atomic E-state index is -0.572. The van der Waals surface area contributed by atoms with Crippen LogP contribution in [0.3, 0.4) is 0 Å². The van der Waals surface area contributed by atoms with Crippen LogP contribution in [-0.2, 0) is 11.3 Å². The monoisotopic (exact) mass is 381 g/mol. The zero-order valence-electron chi connectivity index (χ0n) is 12.6. The average molecular weight is 382 g/mol. The van der Waals surface area contributed by atoms with E-state index in [9.17, 15) is 19.7 Å². The van der Waals surface area contributed by atoms with Gasteiger partial charge in [0.25, 0.3) is 17.2 Å². The van der Waals surface area contributed by atoms with Gasteiger partial charge in [0.1, 0.15) is 6.54 Å². The summed E-state index contributed by atoms with van der Waals surface area (Å²) in [6.07, 6.45) is 1.47. The summed E-state index contributed by atoms with van der Waals surface area (Å²) in [7, 11) is 0. The number of amides is 1. The molecule has 130 valence electrons. The number of carbonyl (C=O) groups excluding carboxylic acids is 1. The number of aromatic nitrogens is 1. The highest BCUT2D eigenvalue weighted by atomic mass is 35.5. The molecule has 2 rings (SSSR count). The number of hydrogen-bond donors (Lipinski definition) is 3. The van der Waals surface area contributed by atoms with Crippen molar-refractivity contribution in [1.82, 2.24) is 15.4 Å². The van der Waals surface area contributed by atoms with Gasteiger partial charge < -0.3 is 9.88 Å². The molecule has 1 aromatic carbocycles. The van der Waals surface area contributed by atoms with Gasteiger partial charge in [0, 0.05) is 24.4 Å². The van der Waals surface area contributed by atoms with Crippen LogP contribution in [0, 0.1) is 10.1 Å². The number of hydrogen-bond acceptors (Lipinski definition) is 5. The molecule has 0 atom stereocenters. The summed E-state index contributed by atoms with van der Waals surface area (Å²) in [5.41, 5.74) is 4.46. The number of nitrogens with zero attached hydrogens (tertiary/aromatic N) is 2. The average Bonchev–Trinajstić information content (AvgIpc) is 2.57. The maximum absolute atomic E-state index is 11.8. The first-order valence-corrected chi connectivity index (χ1v) is 7.60. The molecular weight excluding hydrogens is 370 g/mol. The molecule has 25 heavy (non-hydrogen) atoms. The Balaban J connectivity index is 1.91. The van der Waals surface area contributed by atoms with Crippen LogP contribution < -0.4 is 21.7 Å². The van der Waals surface area contributed by atoms with Crippen molar-refractivity contribution in [3.05, 3.63) is 68.1 Å². The number of anilines is 1. The fourth-order valence-electron chi connectivity index (χ4n) is 1.79. The molecule has 9 nitrogen and oxygen atoms in total. The van der Waals surface area contributed by atoms with Gasteiger partial charge in [-0.1, -0.05) is 17.7 Å². The molecule has 1 aromatic heterocycles. The molecule has 0 aliphatic rings. The predicted octanol–water partition coefficient (Wildman–Crippen LogP) is 1.43. The molecule has 0 aliphatic heterocycles. The van der Waals surface area contributed by atoms with Crippen molar-refractivity contribution in [1.29, 1.82) is 0 Å². The number of thiocarbonyl (C=S) groups is 1. The lowest BCUT2D eigenvalue weighted by Crippen LogP contribution is -2.45. The number of nitro benzene ring substituents is 1. The van der Waals surface area contributed by atoms with E-state index in [-0.39, 0.29) is 33.6 Å². The quantitative estimate of drug-likeness (QED) is 0.416. The zero-order valence-corrected chi connectivity index (χ0v) is 14.1. The molecule has 0 spiro atoms. The first kappa shape index (κ1) is 18.4. The van der Waals surface area contributed by atoms with Crippen molar-refractivity contribution < 1.29 is 9.72 Å². The van der Waals surface area contributed by atoms with Crippen LogP contribution in [-0.4, -0.2) is 20.5 Å². The number of nitro groups is 1. The Morgan fingerprint density at radius 3 is 2.72 bits per heavy atom. The molecule has 2 aromatic rings. The number of rotatable bonds is 4. The van der Waals surface area contributed by atoms with Crippen molar-refractivity contribution in [3.63, 3.8) is 0 Å². The van der Waals surface area contributed by atoms with Crippen molar-refractivity contribution in [2.45, 2.75) is 6.54 Å². The first-order valence-electron chi connectivity index (χ1n) is 6.82. The standard InChI is InChI=1S/C14H12ClN5O4S/c15-10-5-4-9(20(23)24)7-11(10)16-14(25)18-17-12(21)8-19-6-2-1-3-13(19)22/h1-7H,8H2,(H,17,21)(H2,16,18,25). The van der Waals surface area contributed by atoms with Crippen molar-refractivity contribution in [2.75, 3.05) is 5.32 Å². The van der Waals surface area contributed by atoms with Crippen molar-refractivity contribution in [2.24, 2.45) is 0 Å². The third-order valence-corrected chi connectivity index (χ3v) is 3.47. The van der Waals surface area contributed by atoms with E-state index in [1.54, 1.807) is 12.1 Å². The number of pyridine rings is 1. The summed E-state index contributed by atoms with van der Waals surface area (Å²) >= 11 is 10.9. The van der Waals surface area contributed by atoms with E-state index >= 15 is 0 Å². The molecule has 0 aliphatic carbocycles. The summed E-state index contributed by atoms with van der Waals surface area (Å²) in [4.78, 5) is 33.5. The Kier molecular flexibility index (Phi) is 6.03. The fraction of sp³-hybridized carbons (Fsp3) is 0.0714. The van der Waals surface area contributed by atoms with Gasteiger partial charge in [-0.25, -0.2) is 0 Å². The number of carbonyl (C=O) groups is 1. The van der Waals surface area contributed by atoms with E-state index < -0.39 is 10.8 Å². The minimum Gasteiger partial charge on any atom is -0.330 e. The van der Waals surface area contributed by atoms with Crippen LogP contribution in [0.1, 0.15) is 0 Å². The molecule has 0 saturated heterocycles. The Morgan fingerprint density at radius 2 is 2.04 bits per heavy atom. The second-order valence-corrected chi connectivity index (χ2v) is 5.53. The molecule has 0 unspecified atom stereocenters. The van der Waals surface area contributed by atoms with Crippen LogP contribution in [0.4, 0.5) is 11.4 Å². The molecule has 11 heteroatoms. The molecule has 0 bridgehead atoms. The Bertz CT molecular complexity index is 886. The Labute approximate surface area is 151 Å². The molecule has 0 radical (unpaired) electrons. The number of hydrazine groups is 1. The lowest BCUT2D eigenvalue weighted by atomic mass is 10.3. The van der Waals surface area contributed by atoms with Gasteiger partial charge in [0.2, 0.25) is 0 Å². The largest absolute Gasteiger partial charge is 0.330 e. The van der Waals surface area contributed by atoms with E-state index in [1.807, 2.05) is 0 Å². The number of non-ortho nitro benzene ring substituents is 1. The van der Waals surface area contributed by atoms with Crippen LogP contribution in [0.15, 0.2) is 47.4 Å². The van der Waals surface area contributed by atoms with Crippen LogP contribution in [0.25, 0.3) is 0 Å². The SMILES string of the molecule is O=C(Cn1ccccc1=O)NNC(=S)Nc1cc([N+](=O)[O-])ccc1Cl. The van der Waals surface area contributed by atoms with Crippen LogP contribution in [0.5, 0.6) is 0 Å². The van der Waals surface area contributed by atoms with E-state index in [0.717, 1.165) is 0 Å².